The van der Waals surface area contributed by atoms with Gasteiger partial charge in [-0.3, -0.25) is 4.99 Å². The summed E-state index contributed by atoms with van der Waals surface area (Å²) in [5, 5.41) is 0. The molecule has 1 atom stereocenters. The third kappa shape index (κ3) is 3.30. The first-order valence-electron chi connectivity index (χ1n) is 10.7. The van der Waals surface area contributed by atoms with E-state index >= 15 is 0 Å². The molecule has 3 aliphatic heterocycles. The number of halogens is 1. The van der Waals surface area contributed by atoms with E-state index in [0.717, 1.165) is 16.7 Å². The van der Waals surface area contributed by atoms with Gasteiger partial charge in [-0.2, -0.15) is 4.39 Å². The maximum Gasteiger partial charge on any atom is 0.225 e. The first-order valence-corrected chi connectivity index (χ1v) is 10.7. The Morgan fingerprint density at radius 1 is 1.03 bits per heavy atom. The van der Waals surface area contributed by atoms with Gasteiger partial charge >= 0.3 is 0 Å². The fourth-order valence-electron chi connectivity index (χ4n) is 4.35. The van der Waals surface area contributed by atoms with Gasteiger partial charge in [0.05, 0.1) is 37.4 Å². The number of rotatable bonds is 1. The molecule has 164 valence electrons. The van der Waals surface area contributed by atoms with Crippen LogP contribution in [0.15, 0.2) is 53.8 Å². The Hall–Kier alpha value is -3.60. The highest BCUT2D eigenvalue weighted by Gasteiger charge is 2.44. The number of aliphatic imine (C=N–C) groups is 1. The molecule has 6 rings (SSSR count). The number of pyridine rings is 2. The van der Waals surface area contributed by atoms with Crippen molar-refractivity contribution < 1.29 is 18.6 Å². The second-order valence-electron chi connectivity index (χ2n) is 8.72. The van der Waals surface area contributed by atoms with Gasteiger partial charge in [0, 0.05) is 35.3 Å². The third-order valence-corrected chi connectivity index (χ3v) is 6.16. The molecule has 1 fully saturated rings. The molecule has 0 unspecified atom stereocenters. The van der Waals surface area contributed by atoms with Crippen LogP contribution in [0.3, 0.4) is 0 Å². The summed E-state index contributed by atoms with van der Waals surface area (Å²) in [6.07, 6.45) is 4.90. The van der Waals surface area contributed by atoms with E-state index in [9.17, 15) is 4.39 Å². The fourth-order valence-corrected chi connectivity index (χ4v) is 4.35. The van der Waals surface area contributed by atoms with Crippen LogP contribution in [0.1, 0.15) is 23.6 Å². The first-order chi connectivity index (χ1) is 16.1. The van der Waals surface area contributed by atoms with Gasteiger partial charge in [-0.05, 0) is 42.8 Å². The van der Waals surface area contributed by atoms with Crippen LogP contribution in [-0.4, -0.2) is 42.6 Å². The van der Waals surface area contributed by atoms with Crippen molar-refractivity contribution in [3.63, 3.8) is 0 Å². The molecule has 0 amide bonds. The van der Waals surface area contributed by atoms with Gasteiger partial charge in [-0.15, -0.1) is 0 Å². The largest absolute Gasteiger partial charge is 0.438 e. The zero-order valence-electron chi connectivity index (χ0n) is 18.0. The van der Waals surface area contributed by atoms with E-state index in [0.29, 0.717) is 49.2 Å². The van der Waals surface area contributed by atoms with Crippen LogP contribution >= 0.6 is 0 Å². The van der Waals surface area contributed by atoms with Gasteiger partial charge in [0.2, 0.25) is 11.8 Å². The highest BCUT2D eigenvalue weighted by molar-refractivity contribution is 5.71. The summed E-state index contributed by atoms with van der Waals surface area (Å²) in [5.74, 6) is 7.07. The average molecular weight is 441 g/mol. The van der Waals surface area contributed by atoms with E-state index < -0.39 is 11.5 Å². The van der Waals surface area contributed by atoms with Crippen molar-refractivity contribution in [2.75, 3.05) is 26.4 Å². The Bertz CT molecular complexity index is 1360. The number of fused-ring (bicyclic) bond motifs is 4. The molecule has 1 aromatic carbocycles. The van der Waals surface area contributed by atoms with Crippen LogP contribution in [0, 0.1) is 23.2 Å². The highest BCUT2D eigenvalue weighted by Crippen LogP contribution is 2.50. The molecule has 1 saturated heterocycles. The van der Waals surface area contributed by atoms with Gasteiger partial charge in [0.15, 0.2) is 0 Å². The quantitative estimate of drug-likeness (QED) is 0.420. The van der Waals surface area contributed by atoms with Crippen molar-refractivity contribution in [3.05, 3.63) is 71.4 Å². The number of ether oxygens (including phenoxy) is 3. The van der Waals surface area contributed by atoms with Crippen molar-refractivity contribution in [2.24, 2.45) is 10.4 Å². The number of aromatic nitrogens is 2. The molecule has 0 bridgehead atoms. The smallest absolute Gasteiger partial charge is 0.225 e. The lowest BCUT2D eigenvalue weighted by atomic mass is 9.80. The Kier molecular flexibility index (Phi) is 4.54. The Labute approximate surface area is 190 Å². The maximum atomic E-state index is 14.4. The Morgan fingerprint density at radius 3 is 2.70 bits per heavy atom. The molecule has 33 heavy (non-hydrogen) atoms. The van der Waals surface area contributed by atoms with E-state index in [1.807, 2.05) is 24.3 Å². The molecular formula is C26H20FN3O3. The van der Waals surface area contributed by atoms with Gasteiger partial charge in [0.25, 0.3) is 0 Å². The Balaban J connectivity index is 1.50. The minimum atomic E-state index is -0.857. The van der Waals surface area contributed by atoms with E-state index in [-0.39, 0.29) is 5.41 Å². The number of hydrogen-bond acceptors (Lipinski definition) is 6. The normalized spacial score (nSPS) is 21.8. The van der Waals surface area contributed by atoms with Crippen molar-refractivity contribution >= 4 is 6.21 Å². The molecule has 0 saturated carbocycles. The molecule has 3 aliphatic rings. The Morgan fingerprint density at radius 2 is 1.94 bits per heavy atom. The molecule has 3 aromatic rings. The minimum Gasteiger partial charge on any atom is -0.438 e. The number of benzene rings is 1. The molecule has 1 spiro atoms. The molecular weight excluding hydrogens is 421 g/mol. The summed E-state index contributed by atoms with van der Waals surface area (Å²) in [5.41, 5.74) is 2.44. The van der Waals surface area contributed by atoms with E-state index in [1.165, 1.54) is 6.20 Å². The van der Waals surface area contributed by atoms with Crippen LogP contribution < -0.4 is 4.74 Å². The van der Waals surface area contributed by atoms with E-state index in [1.54, 1.807) is 24.5 Å². The first kappa shape index (κ1) is 20.0. The van der Waals surface area contributed by atoms with Crippen molar-refractivity contribution in [2.45, 2.75) is 12.5 Å². The molecule has 5 heterocycles. The van der Waals surface area contributed by atoms with E-state index in [4.69, 9.17) is 19.2 Å². The fraction of sp³-hybridized carbons (Fsp3) is 0.269. The van der Waals surface area contributed by atoms with Gasteiger partial charge in [0.1, 0.15) is 11.3 Å². The molecule has 2 aromatic heterocycles. The molecule has 0 aliphatic carbocycles. The maximum absolute atomic E-state index is 14.4. The van der Waals surface area contributed by atoms with Crippen LogP contribution in [0.4, 0.5) is 4.39 Å². The topological polar surface area (TPSA) is 65.8 Å². The van der Waals surface area contributed by atoms with Gasteiger partial charge in [-0.25, -0.2) is 9.97 Å². The monoisotopic (exact) mass is 441 g/mol. The summed E-state index contributed by atoms with van der Waals surface area (Å²) < 4.78 is 31.7. The lowest BCUT2D eigenvalue weighted by Gasteiger charge is -2.38. The van der Waals surface area contributed by atoms with Crippen molar-refractivity contribution in [1.29, 1.82) is 0 Å². The standard InChI is InChI=1S/C26H20FN3O3/c1-25(14-32-15-25)7-6-17-11-21-24(29-13-17)33-22-5-4-18(19-3-2-8-28-23(19)27)12-20(22)26(21)16-31-10-9-30-26/h2-5,8-9,11-13H,10,14-16H2,1H3/t26-/m0/s1. The van der Waals surface area contributed by atoms with Crippen LogP contribution in [0.25, 0.3) is 11.1 Å². The van der Waals surface area contributed by atoms with Crippen LogP contribution in [0.5, 0.6) is 11.6 Å². The molecule has 6 nitrogen and oxygen atoms in total. The average Bonchev–Trinajstić information content (AvgIpc) is 2.83. The molecule has 0 N–H and O–H groups in total. The second kappa shape index (κ2) is 7.48. The lowest BCUT2D eigenvalue weighted by Crippen LogP contribution is -2.38. The highest BCUT2D eigenvalue weighted by atomic mass is 19.1. The molecule has 0 radical (unpaired) electrons. The van der Waals surface area contributed by atoms with Crippen molar-refractivity contribution in [3.8, 4) is 34.6 Å². The number of hydrogen-bond donors (Lipinski definition) is 0. The van der Waals surface area contributed by atoms with Gasteiger partial charge < -0.3 is 14.2 Å². The molecule has 7 heteroatoms. The van der Waals surface area contributed by atoms with Crippen molar-refractivity contribution in [1.82, 2.24) is 9.97 Å². The zero-order valence-corrected chi connectivity index (χ0v) is 18.0. The van der Waals surface area contributed by atoms with Gasteiger partial charge in [-0.1, -0.05) is 17.9 Å². The third-order valence-electron chi connectivity index (χ3n) is 6.16. The summed E-state index contributed by atoms with van der Waals surface area (Å²) in [6.45, 7) is 4.08. The SMILES string of the molecule is CC1(C#Cc2cnc3c(c2)[C@]2(COCC=N2)c2cc(-c4cccnc4F)ccc2O3)COC1. The van der Waals surface area contributed by atoms with Crippen LogP contribution in [-0.2, 0) is 15.0 Å². The van der Waals surface area contributed by atoms with E-state index in [2.05, 4.69) is 28.7 Å². The predicted octanol–water partition coefficient (Wildman–Crippen LogP) is 4.12. The summed E-state index contributed by atoms with van der Waals surface area (Å²) in [6, 6.07) is 10.9. The number of nitrogens with zero attached hydrogens (tertiary/aromatic N) is 3. The summed E-state index contributed by atoms with van der Waals surface area (Å²) >= 11 is 0. The minimum absolute atomic E-state index is 0.133. The predicted molar refractivity (Wildman–Crippen MR) is 120 cm³/mol. The van der Waals surface area contributed by atoms with Crippen LogP contribution in [0.2, 0.25) is 0 Å². The summed E-state index contributed by atoms with van der Waals surface area (Å²) in [7, 11) is 0. The lowest BCUT2D eigenvalue weighted by molar-refractivity contribution is -0.0648. The summed E-state index contributed by atoms with van der Waals surface area (Å²) in [4.78, 5) is 13.2. The second-order valence-corrected chi connectivity index (χ2v) is 8.72. The zero-order chi connectivity index (χ0) is 22.5.